The summed E-state index contributed by atoms with van der Waals surface area (Å²) in [4.78, 5) is 6.76. The molecule has 2 N–H and O–H groups in total. The quantitative estimate of drug-likeness (QED) is 0.783. The summed E-state index contributed by atoms with van der Waals surface area (Å²) in [7, 11) is 0. The molecule has 1 fully saturated rings. The summed E-state index contributed by atoms with van der Waals surface area (Å²) in [6.45, 7) is 9.35. The first kappa shape index (κ1) is 14.5. The van der Waals surface area contributed by atoms with E-state index in [1.165, 1.54) is 38.9 Å². The summed E-state index contributed by atoms with van der Waals surface area (Å²) in [5, 5.41) is 10.4. The highest BCUT2D eigenvalue weighted by Crippen LogP contribution is 2.19. The molecule has 1 aromatic rings. The topological polar surface area (TPSA) is 56.8 Å². The van der Waals surface area contributed by atoms with Crippen LogP contribution in [0, 0.1) is 5.92 Å². The van der Waals surface area contributed by atoms with Gasteiger partial charge in [-0.1, -0.05) is 6.92 Å². The van der Waals surface area contributed by atoms with E-state index in [0.717, 1.165) is 24.7 Å². The zero-order valence-electron chi connectivity index (χ0n) is 12.2. The predicted molar refractivity (Wildman–Crippen MR) is 77.0 cm³/mol. The molecule has 2 unspecified atom stereocenters. The molecule has 1 aromatic heterocycles. The molecular weight excluding hydrogens is 238 g/mol. The smallest absolute Gasteiger partial charge is 0.137 e. The van der Waals surface area contributed by atoms with Gasteiger partial charge < -0.3 is 10.2 Å². The number of hydrogen-bond acceptors (Lipinski definition) is 4. The Balaban J connectivity index is 1.68. The Bertz CT molecular complexity index is 336. The van der Waals surface area contributed by atoms with Crippen LogP contribution in [0.5, 0.6) is 0 Å². The lowest BCUT2D eigenvalue weighted by atomic mass is 9.91. The first-order valence-electron chi connectivity index (χ1n) is 7.59. The molecule has 0 aromatic carbocycles. The molecule has 0 saturated carbocycles. The maximum absolute atomic E-state index is 4.15. The number of likely N-dealkylation sites (tertiary alicyclic amines) is 1. The SMILES string of the molecule is CCCN1CCCC(C(C)NCCc2ncn[nH]2)C1. The Morgan fingerprint density at radius 1 is 1.58 bits per heavy atom. The zero-order chi connectivity index (χ0) is 13.5. The van der Waals surface area contributed by atoms with E-state index in [1.807, 2.05) is 0 Å². The minimum Gasteiger partial charge on any atom is -0.313 e. The number of nitrogens with zero attached hydrogens (tertiary/aromatic N) is 3. The van der Waals surface area contributed by atoms with Gasteiger partial charge in [0.25, 0.3) is 0 Å². The minimum atomic E-state index is 0.586. The number of aromatic nitrogens is 3. The summed E-state index contributed by atoms with van der Waals surface area (Å²) in [6, 6.07) is 0.586. The Kier molecular flexibility index (Phi) is 5.79. The lowest BCUT2D eigenvalue weighted by molar-refractivity contribution is 0.151. The van der Waals surface area contributed by atoms with Gasteiger partial charge in [-0.05, 0) is 45.2 Å². The van der Waals surface area contributed by atoms with Gasteiger partial charge in [0.15, 0.2) is 0 Å². The molecule has 2 heterocycles. The van der Waals surface area contributed by atoms with E-state index in [2.05, 4.69) is 39.2 Å². The molecule has 1 aliphatic rings. The Labute approximate surface area is 116 Å². The van der Waals surface area contributed by atoms with Crippen LogP contribution in [0.25, 0.3) is 0 Å². The average Bonchev–Trinajstić information content (AvgIpc) is 2.92. The average molecular weight is 265 g/mol. The third-order valence-corrected chi connectivity index (χ3v) is 4.08. The minimum absolute atomic E-state index is 0.586. The first-order valence-corrected chi connectivity index (χ1v) is 7.59. The number of nitrogens with one attached hydrogen (secondary N) is 2. The van der Waals surface area contributed by atoms with Crippen LogP contribution in [-0.4, -0.2) is 52.3 Å². The summed E-state index contributed by atoms with van der Waals surface area (Å²) in [5.41, 5.74) is 0. The van der Waals surface area contributed by atoms with E-state index in [4.69, 9.17) is 0 Å². The molecule has 1 saturated heterocycles. The van der Waals surface area contributed by atoms with Crippen LogP contribution in [0.2, 0.25) is 0 Å². The molecule has 2 atom stereocenters. The fourth-order valence-electron chi connectivity index (χ4n) is 2.95. The molecule has 0 amide bonds. The van der Waals surface area contributed by atoms with Crippen LogP contribution in [0.15, 0.2) is 6.33 Å². The molecule has 108 valence electrons. The van der Waals surface area contributed by atoms with Gasteiger partial charge in [0.1, 0.15) is 12.2 Å². The van der Waals surface area contributed by atoms with Gasteiger partial charge in [-0.25, -0.2) is 4.98 Å². The predicted octanol–water partition coefficient (Wildman–Crippen LogP) is 1.45. The Hall–Kier alpha value is -0.940. The van der Waals surface area contributed by atoms with E-state index in [1.54, 1.807) is 6.33 Å². The van der Waals surface area contributed by atoms with Crippen molar-refractivity contribution in [1.29, 1.82) is 0 Å². The van der Waals surface area contributed by atoms with Gasteiger partial charge in [-0.3, -0.25) is 5.10 Å². The summed E-state index contributed by atoms with van der Waals surface area (Å²) in [5.74, 6) is 1.76. The van der Waals surface area contributed by atoms with Crippen molar-refractivity contribution in [3.8, 4) is 0 Å². The first-order chi connectivity index (χ1) is 9.29. The molecule has 19 heavy (non-hydrogen) atoms. The second-order valence-corrected chi connectivity index (χ2v) is 5.63. The van der Waals surface area contributed by atoms with Crippen LogP contribution >= 0.6 is 0 Å². The molecule has 0 bridgehead atoms. The molecule has 0 radical (unpaired) electrons. The maximum atomic E-state index is 4.15. The second kappa shape index (κ2) is 7.60. The molecule has 2 rings (SSSR count). The van der Waals surface area contributed by atoms with Gasteiger partial charge in [0.05, 0.1) is 0 Å². The Morgan fingerprint density at radius 3 is 3.21 bits per heavy atom. The van der Waals surface area contributed by atoms with Crippen LogP contribution in [0.4, 0.5) is 0 Å². The van der Waals surface area contributed by atoms with Crippen molar-refractivity contribution in [1.82, 2.24) is 25.4 Å². The van der Waals surface area contributed by atoms with Gasteiger partial charge in [-0.2, -0.15) is 5.10 Å². The third-order valence-electron chi connectivity index (χ3n) is 4.08. The number of H-pyrrole nitrogens is 1. The van der Waals surface area contributed by atoms with Gasteiger partial charge in [0.2, 0.25) is 0 Å². The molecule has 1 aliphatic heterocycles. The number of piperidine rings is 1. The summed E-state index contributed by atoms with van der Waals surface area (Å²) < 4.78 is 0. The lowest BCUT2D eigenvalue weighted by Crippen LogP contribution is -2.45. The van der Waals surface area contributed by atoms with Crippen LogP contribution in [0.1, 0.15) is 38.9 Å². The van der Waals surface area contributed by atoms with Gasteiger partial charge in [0, 0.05) is 25.6 Å². The van der Waals surface area contributed by atoms with Crippen LogP contribution in [0.3, 0.4) is 0 Å². The summed E-state index contributed by atoms with van der Waals surface area (Å²) >= 11 is 0. The van der Waals surface area contributed by atoms with E-state index < -0.39 is 0 Å². The molecule has 0 aliphatic carbocycles. The largest absolute Gasteiger partial charge is 0.313 e. The van der Waals surface area contributed by atoms with Crippen LogP contribution in [-0.2, 0) is 6.42 Å². The molecular formula is C14H27N5. The highest BCUT2D eigenvalue weighted by molar-refractivity contribution is 4.84. The van der Waals surface area contributed by atoms with Crippen molar-refractivity contribution in [2.45, 2.75) is 45.6 Å². The van der Waals surface area contributed by atoms with Crippen molar-refractivity contribution in [2.24, 2.45) is 5.92 Å². The molecule has 5 nitrogen and oxygen atoms in total. The lowest BCUT2D eigenvalue weighted by Gasteiger charge is -2.36. The monoisotopic (exact) mass is 265 g/mol. The van der Waals surface area contributed by atoms with Crippen molar-refractivity contribution < 1.29 is 0 Å². The summed E-state index contributed by atoms with van der Waals surface area (Å²) in [6.07, 6.45) is 6.47. The molecule has 5 heteroatoms. The van der Waals surface area contributed by atoms with E-state index >= 15 is 0 Å². The molecule has 0 spiro atoms. The van der Waals surface area contributed by atoms with E-state index in [0.29, 0.717) is 6.04 Å². The van der Waals surface area contributed by atoms with E-state index in [9.17, 15) is 0 Å². The van der Waals surface area contributed by atoms with Crippen molar-refractivity contribution in [3.05, 3.63) is 12.2 Å². The highest BCUT2D eigenvalue weighted by Gasteiger charge is 2.23. The van der Waals surface area contributed by atoms with Gasteiger partial charge >= 0.3 is 0 Å². The number of hydrogen-bond donors (Lipinski definition) is 2. The third kappa shape index (κ3) is 4.58. The van der Waals surface area contributed by atoms with Gasteiger partial charge in [-0.15, -0.1) is 0 Å². The number of rotatable bonds is 7. The fourth-order valence-corrected chi connectivity index (χ4v) is 2.95. The normalized spacial score (nSPS) is 22.5. The Morgan fingerprint density at radius 2 is 2.47 bits per heavy atom. The van der Waals surface area contributed by atoms with E-state index in [-0.39, 0.29) is 0 Å². The fraction of sp³-hybridized carbons (Fsp3) is 0.857. The maximum Gasteiger partial charge on any atom is 0.137 e. The highest BCUT2D eigenvalue weighted by atomic mass is 15.2. The van der Waals surface area contributed by atoms with Crippen molar-refractivity contribution >= 4 is 0 Å². The van der Waals surface area contributed by atoms with Crippen LogP contribution < -0.4 is 5.32 Å². The van der Waals surface area contributed by atoms with Crippen molar-refractivity contribution in [2.75, 3.05) is 26.2 Å². The second-order valence-electron chi connectivity index (χ2n) is 5.63. The zero-order valence-corrected chi connectivity index (χ0v) is 12.2. The number of aromatic amines is 1. The standard InChI is InChI=1S/C14H27N5/c1-3-8-19-9-4-5-13(10-19)12(2)15-7-6-14-16-11-17-18-14/h11-13,15H,3-10H2,1-2H3,(H,16,17,18). The van der Waals surface area contributed by atoms with Crippen molar-refractivity contribution in [3.63, 3.8) is 0 Å².